The molecule has 4 nitrogen and oxygen atoms in total. The summed E-state index contributed by atoms with van der Waals surface area (Å²) in [5.41, 5.74) is 7.84. The van der Waals surface area contributed by atoms with Crippen molar-refractivity contribution in [1.82, 2.24) is 0 Å². The van der Waals surface area contributed by atoms with Crippen LogP contribution in [0.25, 0.3) is 0 Å². The Morgan fingerprint density at radius 2 is 2.05 bits per heavy atom. The minimum absolute atomic E-state index is 0.336. The molecule has 0 atom stereocenters. The van der Waals surface area contributed by atoms with E-state index >= 15 is 0 Å². The second kappa shape index (κ2) is 6.37. The second-order valence-corrected chi connectivity index (χ2v) is 9.15. The molecule has 0 aliphatic heterocycles. The summed E-state index contributed by atoms with van der Waals surface area (Å²) in [4.78, 5) is 0. The highest BCUT2D eigenvalue weighted by Crippen LogP contribution is 2.34. The van der Waals surface area contributed by atoms with E-state index in [1.54, 1.807) is 30.3 Å². The maximum atomic E-state index is 12.9. The van der Waals surface area contributed by atoms with E-state index in [0.717, 1.165) is 15.8 Å². The standard InChI is InChI=1S/C14H17BrN2O2S2/c1-3-7-17(12-6-4-5-11(16)9-12)21(18,19)13-8-10(2)14(15)20-13/h4-6,8-9H,3,7,16H2,1-2H3. The fraction of sp³-hybridized carbons (Fsp3) is 0.286. The Balaban J connectivity index is 2.51. The third-order valence-corrected chi connectivity index (χ3v) is 7.38. The molecule has 7 heteroatoms. The number of hydrogen-bond donors (Lipinski definition) is 1. The topological polar surface area (TPSA) is 63.4 Å². The number of hydrogen-bond acceptors (Lipinski definition) is 4. The van der Waals surface area contributed by atoms with Gasteiger partial charge in [-0.15, -0.1) is 11.3 Å². The van der Waals surface area contributed by atoms with E-state index in [2.05, 4.69) is 15.9 Å². The molecule has 0 unspecified atom stereocenters. The fourth-order valence-electron chi connectivity index (χ4n) is 1.94. The molecule has 0 aliphatic carbocycles. The van der Waals surface area contributed by atoms with Crippen LogP contribution in [-0.4, -0.2) is 15.0 Å². The summed E-state index contributed by atoms with van der Waals surface area (Å²) in [6, 6.07) is 8.64. The number of halogens is 1. The number of sulfonamides is 1. The van der Waals surface area contributed by atoms with Crippen LogP contribution in [0.15, 0.2) is 38.3 Å². The Labute approximate surface area is 137 Å². The number of rotatable bonds is 5. The van der Waals surface area contributed by atoms with E-state index in [4.69, 9.17) is 5.73 Å². The molecular formula is C14H17BrN2O2S2. The zero-order chi connectivity index (χ0) is 15.6. The van der Waals surface area contributed by atoms with Gasteiger partial charge in [-0.05, 0) is 59.1 Å². The lowest BCUT2D eigenvalue weighted by Crippen LogP contribution is -2.31. The van der Waals surface area contributed by atoms with Crippen molar-refractivity contribution < 1.29 is 8.42 Å². The first-order chi connectivity index (χ1) is 9.86. The molecule has 1 heterocycles. The number of nitrogens with two attached hydrogens (primary N) is 1. The largest absolute Gasteiger partial charge is 0.399 e. The SMILES string of the molecule is CCCN(c1cccc(N)c1)S(=O)(=O)c1cc(C)c(Br)s1. The van der Waals surface area contributed by atoms with Crippen molar-refractivity contribution in [2.24, 2.45) is 0 Å². The zero-order valence-electron chi connectivity index (χ0n) is 11.8. The summed E-state index contributed by atoms with van der Waals surface area (Å²) < 4.78 is 28.3. The van der Waals surface area contributed by atoms with Gasteiger partial charge in [-0.25, -0.2) is 8.42 Å². The van der Waals surface area contributed by atoms with Gasteiger partial charge in [-0.2, -0.15) is 0 Å². The molecule has 0 amide bonds. The number of nitrogen functional groups attached to an aromatic ring is 1. The van der Waals surface area contributed by atoms with E-state index in [-0.39, 0.29) is 0 Å². The average molecular weight is 389 g/mol. The molecular weight excluding hydrogens is 372 g/mol. The lowest BCUT2D eigenvalue weighted by Gasteiger charge is -2.23. The number of aryl methyl sites for hydroxylation is 1. The van der Waals surface area contributed by atoms with Crippen LogP contribution < -0.4 is 10.0 Å². The lowest BCUT2D eigenvalue weighted by atomic mass is 10.3. The Hall–Kier alpha value is -1.05. The first-order valence-electron chi connectivity index (χ1n) is 6.50. The Morgan fingerprint density at radius 3 is 2.57 bits per heavy atom. The Kier molecular flexibility index (Phi) is 4.95. The van der Waals surface area contributed by atoms with Crippen LogP contribution >= 0.6 is 27.3 Å². The van der Waals surface area contributed by atoms with Crippen molar-refractivity contribution in [1.29, 1.82) is 0 Å². The molecule has 2 rings (SSSR count). The first kappa shape index (κ1) is 16.3. The number of benzene rings is 1. The molecule has 2 aromatic rings. The molecule has 0 spiro atoms. The van der Waals surface area contributed by atoms with Gasteiger partial charge in [0, 0.05) is 12.2 Å². The lowest BCUT2D eigenvalue weighted by molar-refractivity contribution is 0.592. The Bertz CT molecular complexity index is 722. The molecule has 0 saturated carbocycles. The van der Waals surface area contributed by atoms with Gasteiger partial charge < -0.3 is 5.73 Å². The van der Waals surface area contributed by atoms with Crippen molar-refractivity contribution in [3.05, 3.63) is 39.7 Å². The summed E-state index contributed by atoms with van der Waals surface area (Å²) >= 11 is 4.61. The Morgan fingerprint density at radius 1 is 1.33 bits per heavy atom. The third-order valence-electron chi connectivity index (χ3n) is 2.96. The molecule has 0 aliphatic rings. The summed E-state index contributed by atoms with van der Waals surface area (Å²) in [5.74, 6) is 0. The van der Waals surface area contributed by atoms with Gasteiger partial charge in [0.05, 0.1) is 9.47 Å². The van der Waals surface area contributed by atoms with Gasteiger partial charge in [-0.1, -0.05) is 13.0 Å². The first-order valence-corrected chi connectivity index (χ1v) is 9.55. The fourth-order valence-corrected chi connectivity index (χ4v) is 5.83. The molecule has 1 aromatic heterocycles. The highest BCUT2D eigenvalue weighted by Gasteiger charge is 2.26. The predicted octanol–water partition coefficient (Wildman–Crippen LogP) is 4.01. The number of thiophene rings is 1. The van der Waals surface area contributed by atoms with Gasteiger partial charge in [-0.3, -0.25) is 4.31 Å². The van der Waals surface area contributed by atoms with Gasteiger partial charge >= 0.3 is 0 Å². The van der Waals surface area contributed by atoms with Crippen molar-refractivity contribution in [2.75, 3.05) is 16.6 Å². The van der Waals surface area contributed by atoms with Gasteiger partial charge in [0.2, 0.25) is 0 Å². The maximum Gasteiger partial charge on any atom is 0.273 e. The van der Waals surface area contributed by atoms with Gasteiger partial charge in [0.1, 0.15) is 4.21 Å². The summed E-state index contributed by atoms with van der Waals surface area (Å²) in [6.45, 7) is 4.25. The highest BCUT2D eigenvalue weighted by molar-refractivity contribution is 9.11. The van der Waals surface area contributed by atoms with Gasteiger partial charge in [0.15, 0.2) is 0 Å². The zero-order valence-corrected chi connectivity index (χ0v) is 15.1. The molecule has 0 saturated heterocycles. The summed E-state index contributed by atoms with van der Waals surface area (Å²) in [5, 5.41) is 0. The minimum atomic E-state index is -3.57. The number of nitrogens with zero attached hydrogens (tertiary/aromatic N) is 1. The van der Waals surface area contributed by atoms with Crippen LogP contribution in [0.2, 0.25) is 0 Å². The van der Waals surface area contributed by atoms with Crippen LogP contribution in [0.5, 0.6) is 0 Å². The average Bonchev–Trinajstić information content (AvgIpc) is 2.76. The van der Waals surface area contributed by atoms with E-state index in [0.29, 0.717) is 22.1 Å². The quantitative estimate of drug-likeness (QED) is 0.786. The predicted molar refractivity (Wildman–Crippen MR) is 92.4 cm³/mol. The smallest absolute Gasteiger partial charge is 0.273 e. The molecule has 0 radical (unpaired) electrons. The molecule has 0 bridgehead atoms. The third kappa shape index (κ3) is 3.41. The van der Waals surface area contributed by atoms with E-state index in [1.165, 1.54) is 15.6 Å². The van der Waals surface area contributed by atoms with E-state index < -0.39 is 10.0 Å². The van der Waals surface area contributed by atoms with Crippen LogP contribution in [0, 0.1) is 6.92 Å². The number of anilines is 2. The van der Waals surface area contributed by atoms with Crippen molar-refractivity contribution in [2.45, 2.75) is 24.5 Å². The van der Waals surface area contributed by atoms with Crippen molar-refractivity contribution >= 4 is 48.7 Å². The minimum Gasteiger partial charge on any atom is -0.399 e. The molecule has 1 aromatic carbocycles. The van der Waals surface area contributed by atoms with E-state index in [1.807, 2.05) is 13.8 Å². The van der Waals surface area contributed by atoms with Crippen LogP contribution in [0.4, 0.5) is 11.4 Å². The highest BCUT2D eigenvalue weighted by atomic mass is 79.9. The van der Waals surface area contributed by atoms with Crippen LogP contribution in [-0.2, 0) is 10.0 Å². The second-order valence-electron chi connectivity index (χ2n) is 4.69. The monoisotopic (exact) mass is 388 g/mol. The van der Waals surface area contributed by atoms with Crippen molar-refractivity contribution in [3.8, 4) is 0 Å². The normalized spacial score (nSPS) is 11.6. The summed E-state index contributed by atoms with van der Waals surface area (Å²) in [7, 11) is -3.57. The molecule has 2 N–H and O–H groups in total. The molecule has 0 fully saturated rings. The van der Waals surface area contributed by atoms with Gasteiger partial charge in [0.25, 0.3) is 10.0 Å². The van der Waals surface area contributed by atoms with Crippen LogP contribution in [0.1, 0.15) is 18.9 Å². The maximum absolute atomic E-state index is 12.9. The van der Waals surface area contributed by atoms with E-state index in [9.17, 15) is 8.42 Å². The molecule has 21 heavy (non-hydrogen) atoms. The summed E-state index contributed by atoms with van der Waals surface area (Å²) in [6.07, 6.45) is 0.722. The van der Waals surface area contributed by atoms with Crippen LogP contribution in [0.3, 0.4) is 0 Å². The molecule has 114 valence electrons. The van der Waals surface area contributed by atoms with Crippen molar-refractivity contribution in [3.63, 3.8) is 0 Å².